The number of amides is 1. The third-order valence-corrected chi connectivity index (χ3v) is 3.13. The Morgan fingerprint density at radius 1 is 1.40 bits per heavy atom. The van der Waals surface area contributed by atoms with Gasteiger partial charge in [-0.2, -0.15) is 13.2 Å². The summed E-state index contributed by atoms with van der Waals surface area (Å²) in [5.74, 6) is -0.668. The third kappa shape index (κ3) is 3.01. The average molecular weight is 290 g/mol. The fourth-order valence-electron chi connectivity index (χ4n) is 2.12. The van der Waals surface area contributed by atoms with E-state index in [9.17, 15) is 27.9 Å². The summed E-state index contributed by atoms with van der Waals surface area (Å²) in [6.07, 6.45) is -4.18. The van der Waals surface area contributed by atoms with E-state index in [0.717, 1.165) is 6.07 Å². The van der Waals surface area contributed by atoms with Crippen LogP contribution in [0.3, 0.4) is 0 Å². The number of aromatic amines is 1. The van der Waals surface area contributed by atoms with Crippen LogP contribution in [0.2, 0.25) is 0 Å². The summed E-state index contributed by atoms with van der Waals surface area (Å²) in [6, 6.07) is 1.53. The molecule has 0 aliphatic carbocycles. The zero-order valence-electron chi connectivity index (χ0n) is 10.4. The smallest absolute Gasteiger partial charge is 0.391 e. The van der Waals surface area contributed by atoms with Crippen molar-refractivity contribution in [3.05, 3.63) is 33.7 Å². The number of hydrogen-bond donors (Lipinski definition) is 2. The number of hydrogen-bond acceptors (Lipinski definition) is 3. The van der Waals surface area contributed by atoms with Crippen LogP contribution in [0.5, 0.6) is 0 Å². The molecule has 1 aliphatic heterocycles. The van der Waals surface area contributed by atoms with E-state index in [2.05, 4.69) is 0 Å². The number of carbonyl (C=O) groups is 1. The van der Waals surface area contributed by atoms with Crippen molar-refractivity contribution in [3.8, 4) is 0 Å². The zero-order valence-corrected chi connectivity index (χ0v) is 10.4. The molecule has 0 unspecified atom stereocenters. The van der Waals surface area contributed by atoms with Gasteiger partial charge in [-0.15, -0.1) is 0 Å². The van der Waals surface area contributed by atoms with Gasteiger partial charge in [-0.3, -0.25) is 9.59 Å². The number of halogens is 3. The first-order valence-corrected chi connectivity index (χ1v) is 6.07. The number of piperidine rings is 1. The number of aromatic nitrogens is 1. The molecular formula is C12H13F3N2O3. The largest absolute Gasteiger partial charge is 0.431 e. The number of alkyl halides is 3. The Kier molecular flexibility index (Phi) is 3.85. The van der Waals surface area contributed by atoms with Crippen molar-refractivity contribution in [1.82, 2.24) is 9.88 Å². The second kappa shape index (κ2) is 5.28. The molecule has 0 bridgehead atoms. The first-order valence-electron chi connectivity index (χ1n) is 6.07. The van der Waals surface area contributed by atoms with Gasteiger partial charge in [-0.05, 0) is 25.0 Å². The molecule has 0 aromatic carbocycles. The lowest BCUT2D eigenvalue weighted by molar-refractivity contribution is -0.141. The van der Waals surface area contributed by atoms with Crippen molar-refractivity contribution in [2.24, 2.45) is 0 Å². The molecule has 2 heterocycles. The summed E-state index contributed by atoms with van der Waals surface area (Å²) in [5, 5.41) is 9.47. The molecule has 1 aromatic heterocycles. The van der Waals surface area contributed by atoms with E-state index in [4.69, 9.17) is 0 Å². The lowest BCUT2D eigenvalue weighted by Crippen LogP contribution is -2.43. The molecule has 0 radical (unpaired) electrons. The molecule has 5 nitrogen and oxygen atoms in total. The summed E-state index contributed by atoms with van der Waals surface area (Å²) in [5.41, 5.74) is -2.63. The Morgan fingerprint density at radius 2 is 2.10 bits per heavy atom. The van der Waals surface area contributed by atoms with Crippen LogP contribution >= 0.6 is 0 Å². The third-order valence-electron chi connectivity index (χ3n) is 3.13. The maximum Gasteiger partial charge on any atom is 0.431 e. The number of likely N-dealkylation sites (tertiary alicyclic amines) is 1. The van der Waals surface area contributed by atoms with Crippen LogP contribution in [-0.4, -0.2) is 40.1 Å². The van der Waals surface area contributed by atoms with Crippen LogP contribution in [-0.2, 0) is 6.18 Å². The zero-order chi connectivity index (χ0) is 14.9. The van der Waals surface area contributed by atoms with Gasteiger partial charge in [-0.25, -0.2) is 0 Å². The molecule has 20 heavy (non-hydrogen) atoms. The Bertz CT molecular complexity index is 568. The van der Waals surface area contributed by atoms with E-state index in [1.54, 1.807) is 4.98 Å². The number of rotatable bonds is 1. The second-order valence-electron chi connectivity index (χ2n) is 4.66. The van der Waals surface area contributed by atoms with Crippen LogP contribution in [0.25, 0.3) is 0 Å². The Balaban J connectivity index is 2.25. The van der Waals surface area contributed by atoms with Crippen molar-refractivity contribution in [2.75, 3.05) is 13.1 Å². The van der Waals surface area contributed by atoms with E-state index in [0.29, 0.717) is 25.5 Å². The average Bonchev–Trinajstić information content (AvgIpc) is 2.36. The lowest BCUT2D eigenvalue weighted by Gasteiger charge is -2.29. The van der Waals surface area contributed by atoms with E-state index in [1.165, 1.54) is 4.90 Å². The van der Waals surface area contributed by atoms with Crippen LogP contribution < -0.4 is 5.56 Å². The molecule has 1 aromatic rings. The molecule has 0 saturated carbocycles. The predicted octanol–water partition coefficient (Wildman–Crippen LogP) is 0.991. The first kappa shape index (κ1) is 14.6. The quantitative estimate of drug-likeness (QED) is 0.810. The molecular weight excluding hydrogens is 277 g/mol. The van der Waals surface area contributed by atoms with Gasteiger partial charge >= 0.3 is 6.18 Å². The van der Waals surface area contributed by atoms with Gasteiger partial charge in [-0.1, -0.05) is 0 Å². The Labute approximate surface area is 112 Å². The van der Waals surface area contributed by atoms with Gasteiger partial charge in [0.15, 0.2) is 0 Å². The normalized spacial score (nSPS) is 20.0. The lowest BCUT2D eigenvalue weighted by atomic mass is 10.1. The second-order valence-corrected chi connectivity index (χ2v) is 4.66. The van der Waals surface area contributed by atoms with Gasteiger partial charge in [0.05, 0.1) is 6.10 Å². The summed E-state index contributed by atoms with van der Waals surface area (Å²) < 4.78 is 37.2. The van der Waals surface area contributed by atoms with Crippen LogP contribution in [0.4, 0.5) is 13.2 Å². The van der Waals surface area contributed by atoms with E-state index >= 15 is 0 Å². The van der Waals surface area contributed by atoms with Crippen molar-refractivity contribution in [1.29, 1.82) is 0 Å². The van der Waals surface area contributed by atoms with Gasteiger partial charge in [0.25, 0.3) is 11.5 Å². The van der Waals surface area contributed by atoms with Crippen LogP contribution in [0.1, 0.15) is 28.9 Å². The molecule has 110 valence electrons. The van der Waals surface area contributed by atoms with Gasteiger partial charge in [0.1, 0.15) is 11.3 Å². The first-order chi connectivity index (χ1) is 9.29. The minimum Gasteiger partial charge on any atom is -0.391 e. The molecule has 0 spiro atoms. The van der Waals surface area contributed by atoms with Crippen molar-refractivity contribution >= 4 is 5.91 Å². The summed E-state index contributed by atoms with van der Waals surface area (Å²) in [6.45, 7) is 0.454. The number of aliphatic hydroxyl groups excluding tert-OH is 1. The minimum atomic E-state index is -4.66. The van der Waals surface area contributed by atoms with Gasteiger partial charge < -0.3 is 15.0 Å². The summed E-state index contributed by atoms with van der Waals surface area (Å²) in [7, 11) is 0. The van der Waals surface area contributed by atoms with Crippen LogP contribution in [0.15, 0.2) is 16.9 Å². The molecule has 1 atom stereocenters. The van der Waals surface area contributed by atoms with E-state index < -0.39 is 29.4 Å². The SMILES string of the molecule is O=C(c1ccc(C(F)(F)F)[nH]c1=O)N1CCC[C@H](O)C1. The van der Waals surface area contributed by atoms with Crippen molar-refractivity contribution in [2.45, 2.75) is 25.1 Å². The number of H-pyrrole nitrogens is 1. The van der Waals surface area contributed by atoms with E-state index in [-0.39, 0.29) is 12.1 Å². The monoisotopic (exact) mass is 290 g/mol. The Hall–Kier alpha value is -1.83. The number of carbonyl (C=O) groups excluding carboxylic acids is 1. The van der Waals surface area contributed by atoms with Gasteiger partial charge in [0.2, 0.25) is 0 Å². The minimum absolute atomic E-state index is 0.0826. The van der Waals surface area contributed by atoms with Crippen LogP contribution in [0, 0.1) is 0 Å². The fourth-order valence-corrected chi connectivity index (χ4v) is 2.12. The molecule has 2 N–H and O–H groups in total. The highest BCUT2D eigenvalue weighted by Gasteiger charge is 2.33. The number of β-amino-alcohol motifs (C(OH)–C–C–N with tert-alkyl or cyclic N) is 1. The highest BCUT2D eigenvalue weighted by molar-refractivity contribution is 5.93. The molecule has 1 amide bonds. The fraction of sp³-hybridized carbons (Fsp3) is 0.500. The van der Waals surface area contributed by atoms with Crippen molar-refractivity contribution in [3.63, 3.8) is 0 Å². The topological polar surface area (TPSA) is 73.4 Å². The maximum atomic E-state index is 12.4. The van der Waals surface area contributed by atoms with Crippen molar-refractivity contribution < 1.29 is 23.1 Å². The maximum absolute atomic E-state index is 12.4. The highest BCUT2D eigenvalue weighted by Crippen LogP contribution is 2.26. The van der Waals surface area contributed by atoms with E-state index in [1.807, 2.05) is 0 Å². The number of pyridine rings is 1. The standard InChI is InChI=1S/C12H13F3N2O3/c13-12(14,15)9-4-3-8(10(19)16-9)11(20)17-5-1-2-7(18)6-17/h3-4,7,18H,1-2,5-6H2,(H,16,19)/t7-/m0/s1. The summed E-state index contributed by atoms with van der Waals surface area (Å²) >= 11 is 0. The predicted molar refractivity (Wildman–Crippen MR) is 63.2 cm³/mol. The molecule has 1 aliphatic rings. The molecule has 2 rings (SSSR count). The molecule has 1 fully saturated rings. The number of nitrogens with one attached hydrogen (secondary N) is 1. The Morgan fingerprint density at radius 3 is 2.65 bits per heavy atom. The number of nitrogens with zero attached hydrogens (tertiary/aromatic N) is 1. The highest BCUT2D eigenvalue weighted by atomic mass is 19.4. The molecule has 8 heteroatoms. The molecule has 1 saturated heterocycles. The number of aliphatic hydroxyl groups is 1. The summed E-state index contributed by atoms with van der Waals surface area (Å²) in [4.78, 5) is 26.6. The van der Waals surface area contributed by atoms with Gasteiger partial charge in [0, 0.05) is 13.1 Å².